The number of nitrogens with zero attached hydrogens (tertiary/aromatic N) is 2. The number of ether oxygens (including phenoxy) is 1. The van der Waals surface area contributed by atoms with Gasteiger partial charge in [0.25, 0.3) is 0 Å². The molecule has 0 bridgehead atoms. The number of aliphatic hydroxyl groups is 1. The number of benzene rings is 1. The quantitative estimate of drug-likeness (QED) is 0.907. The molecule has 2 atom stereocenters. The third kappa shape index (κ3) is 3.33. The van der Waals surface area contributed by atoms with Crippen molar-refractivity contribution in [1.29, 1.82) is 0 Å². The first-order valence-electron chi connectivity index (χ1n) is 7.42. The average molecular weight is 322 g/mol. The van der Waals surface area contributed by atoms with Crippen molar-refractivity contribution < 1.29 is 9.84 Å². The third-order valence-corrected chi connectivity index (χ3v) is 4.28. The zero-order valence-electron chi connectivity index (χ0n) is 12.5. The summed E-state index contributed by atoms with van der Waals surface area (Å²) in [5.74, 6) is 0. The second kappa shape index (κ2) is 6.79. The van der Waals surface area contributed by atoms with Crippen LogP contribution in [0.4, 0.5) is 0 Å². The van der Waals surface area contributed by atoms with E-state index >= 15 is 0 Å². The van der Waals surface area contributed by atoms with E-state index in [-0.39, 0.29) is 12.7 Å². The standard InChI is InChI=1S/C16H20ClN3O2/c1-11-10-22-15(9-21)8-20(11)7-13-6-18-19-16(13)12-3-2-4-14(17)5-12/h2-6,11,15,21H,7-10H2,1H3,(H,18,19)/t11-,15-/m0/s1. The molecule has 0 unspecified atom stereocenters. The van der Waals surface area contributed by atoms with Crippen LogP contribution in [0.5, 0.6) is 0 Å². The van der Waals surface area contributed by atoms with Crippen molar-refractivity contribution in [3.8, 4) is 11.3 Å². The highest BCUT2D eigenvalue weighted by Gasteiger charge is 2.26. The normalized spacial score (nSPS) is 22.9. The third-order valence-electron chi connectivity index (χ3n) is 4.04. The van der Waals surface area contributed by atoms with Gasteiger partial charge in [-0.15, -0.1) is 0 Å². The highest BCUT2D eigenvalue weighted by molar-refractivity contribution is 6.30. The minimum absolute atomic E-state index is 0.0513. The molecule has 1 saturated heterocycles. The van der Waals surface area contributed by atoms with Crippen molar-refractivity contribution in [2.75, 3.05) is 19.8 Å². The number of hydrogen-bond acceptors (Lipinski definition) is 4. The van der Waals surface area contributed by atoms with E-state index in [2.05, 4.69) is 22.0 Å². The summed E-state index contributed by atoms with van der Waals surface area (Å²) in [5, 5.41) is 17.3. The van der Waals surface area contributed by atoms with Crippen molar-refractivity contribution in [3.63, 3.8) is 0 Å². The molecule has 0 amide bonds. The van der Waals surface area contributed by atoms with E-state index < -0.39 is 0 Å². The minimum Gasteiger partial charge on any atom is -0.394 e. The van der Waals surface area contributed by atoms with Gasteiger partial charge in [-0.2, -0.15) is 5.10 Å². The van der Waals surface area contributed by atoms with E-state index in [1.165, 1.54) is 0 Å². The van der Waals surface area contributed by atoms with Crippen LogP contribution in [-0.4, -0.2) is 52.1 Å². The maximum Gasteiger partial charge on any atom is 0.0933 e. The van der Waals surface area contributed by atoms with Crippen molar-refractivity contribution >= 4 is 11.6 Å². The summed E-state index contributed by atoms with van der Waals surface area (Å²) >= 11 is 6.08. The second-order valence-electron chi connectivity index (χ2n) is 5.70. The van der Waals surface area contributed by atoms with Gasteiger partial charge in [-0.05, 0) is 19.1 Å². The van der Waals surface area contributed by atoms with Crippen LogP contribution >= 0.6 is 11.6 Å². The molecule has 3 rings (SSSR count). The van der Waals surface area contributed by atoms with E-state index in [4.69, 9.17) is 16.3 Å². The number of H-pyrrole nitrogens is 1. The van der Waals surface area contributed by atoms with Crippen molar-refractivity contribution in [2.45, 2.75) is 25.6 Å². The monoisotopic (exact) mass is 321 g/mol. The summed E-state index contributed by atoms with van der Waals surface area (Å²) in [7, 11) is 0. The molecule has 1 aromatic heterocycles. The van der Waals surface area contributed by atoms with Gasteiger partial charge in [0, 0.05) is 35.3 Å². The molecular formula is C16H20ClN3O2. The van der Waals surface area contributed by atoms with E-state index in [9.17, 15) is 5.11 Å². The van der Waals surface area contributed by atoms with Crippen molar-refractivity contribution in [2.24, 2.45) is 0 Å². The highest BCUT2D eigenvalue weighted by Crippen LogP contribution is 2.26. The van der Waals surface area contributed by atoms with Crippen molar-refractivity contribution in [3.05, 3.63) is 41.0 Å². The van der Waals surface area contributed by atoms with Gasteiger partial charge in [-0.25, -0.2) is 0 Å². The number of halogens is 1. The van der Waals surface area contributed by atoms with E-state index in [1.807, 2.05) is 30.5 Å². The molecule has 5 nitrogen and oxygen atoms in total. The highest BCUT2D eigenvalue weighted by atomic mass is 35.5. The first-order chi connectivity index (χ1) is 10.7. The molecule has 2 N–H and O–H groups in total. The Morgan fingerprint density at radius 2 is 2.36 bits per heavy atom. The van der Waals surface area contributed by atoms with Gasteiger partial charge in [-0.3, -0.25) is 10.00 Å². The molecule has 1 aliphatic heterocycles. The Morgan fingerprint density at radius 1 is 1.50 bits per heavy atom. The van der Waals surface area contributed by atoms with Gasteiger partial charge in [0.1, 0.15) is 0 Å². The predicted molar refractivity (Wildman–Crippen MR) is 85.7 cm³/mol. The second-order valence-corrected chi connectivity index (χ2v) is 6.13. The SMILES string of the molecule is C[C@H]1CO[C@H](CO)CN1Cc1cn[nH]c1-c1cccc(Cl)c1. The molecule has 118 valence electrons. The summed E-state index contributed by atoms with van der Waals surface area (Å²) in [6.07, 6.45) is 1.74. The van der Waals surface area contributed by atoms with Crippen LogP contribution in [0.3, 0.4) is 0 Å². The van der Waals surface area contributed by atoms with E-state index in [1.54, 1.807) is 0 Å². The zero-order chi connectivity index (χ0) is 15.5. The largest absolute Gasteiger partial charge is 0.394 e. The summed E-state index contributed by atoms with van der Waals surface area (Å²) in [5.41, 5.74) is 3.13. The topological polar surface area (TPSA) is 61.4 Å². The molecule has 2 heterocycles. The van der Waals surface area contributed by atoms with Crippen LogP contribution in [-0.2, 0) is 11.3 Å². The van der Waals surface area contributed by atoms with Gasteiger partial charge in [0.2, 0.25) is 0 Å². The van der Waals surface area contributed by atoms with Crippen LogP contribution in [0, 0.1) is 0 Å². The van der Waals surface area contributed by atoms with Gasteiger partial charge < -0.3 is 9.84 Å². The smallest absolute Gasteiger partial charge is 0.0933 e. The number of aromatic nitrogens is 2. The number of aliphatic hydroxyl groups excluding tert-OH is 1. The lowest BCUT2D eigenvalue weighted by atomic mass is 10.1. The Balaban J connectivity index is 1.80. The Morgan fingerprint density at radius 3 is 3.14 bits per heavy atom. The fraction of sp³-hybridized carbons (Fsp3) is 0.438. The average Bonchev–Trinajstić information content (AvgIpc) is 2.97. The lowest BCUT2D eigenvalue weighted by Crippen LogP contribution is -2.48. The molecule has 0 spiro atoms. The van der Waals surface area contributed by atoms with Crippen LogP contribution < -0.4 is 0 Å². The predicted octanol–water partition coefficient (Wildman–Crippen LogP) is 2.31. The molecule has 22 heavy (non-hydrogen) atoms. The number of nitrogens with one attached hydrogen (secondary N) is 1. The maximum absolute atomic E-state index is 9.30. The molecular weight excluding hydrogens is 302 g/mol. The lowest BCUT2D eigenvalue weighted by molar-refractivity contribution is -0.0805. The van der Waals surface area contributed by atoms with Crippen LogP contribution in [0.25, 0.3) is 11.3 Å². The van der Waals surface area contributed by atoms with Gasteiger partial charge >= 0.3 is 0 Å². The zero-order valence-corrected chi connectivity index (χ0v) is 13.3. The number of hydrogen-bond donors (Lipinski definition) is 2. The van der Waals surface area contributed by atoms with Crippen LogP contribution in [0.2, 0.25) is 5.02 Å². The van der Waals surface area contributed by atoms with E-state index in [0.717, 1.165) is 29.9 Å². The first-order valence-corrected chi connectivity index (χ1v) is 7.80. The van der Waals surface area contributed by atoms with Gasteiger partial charge in [-0.1, -0.05) is 23.7 Å². The molecule has 0 saturated carbocycles. The number of rotatable bonds is 4. The molecule has 1 fully saturated rings. The molecule has 2 aromatic rings. The first kappa shape index (κ1) is 15.5. The maximum atomic E-state index is 9.30. The number of aromatic amines is 1. The van der Waals surface area contributed by atoms with E-state index in [0.29, 0.717) is 17.7 Å². The Hall–Kier alpha value is -1.40. The lowest BCUT2D eigenvalue weighted by Gasteiger charge is -2.37. The van der Waals surface area contributed by atoms with Crippen molar-refractivity contribution in [1.82, 2.24) is 15.1 Å². The summed E-state index contributed by atoms with van der Waals surface area (Å²) < 4.78 is 5.59. The Kier molecular flexibility index (Phi) is 4.78. The summed E-state index contributed by atoms with van der Waals surface area (Å²) in [6, 6.07) is 8.04. The minimum atomic E-state index is -0.113. The molecule has 6 heteroatoms. The number of morpholine rings is 1. The molecule has 0 aliphatic carbocycles. The van der Waals surface area contributed by atoms with Crippen LogP contribution in [0.15, 0.2) is 30.5 Å². The van der Waals surface area contributed by atoms with Crippen LogP contribution in [0.1, 0.15) is 12.5 Å². The summed E-state index contributed by atoms with van der Waals surface area (Å²) in [6.45, 7) is 4.30. The molecule has 1 aromatic carbocycles. The van der Waals surface area contributed by atoms with Gasteiger partial charge in [0.05, 0.1) is 31.2 Å². The Bertz CT molecular complexity index is 631. The fourth-order valence-electron chi connectivity index (χ4n) is 2.75. The molecule has 0 radical (unpaired) electrons. The van der Waals surface area contributed by atoms with Gasteiger partial charge in [0.15, 0.2) is 0 Å². The Labute approximate surface area is 134 Å². The molecule has 1 aliphatic rings. The summed E-state index contributed by atoms with van der Waals surface area (Å²) in [4.78, 5) is 2.31. The fourth-order valence-corrected chi connectivity index (χ4v) is 2.94.